The first kappa shape index (κ1) is 19.9. The zero-order chi connectivity index (χ0) is 19.8. The molecule has 0 fully saturated rings. The average Bonchev–Trinajstić information content (AvgIpc) is 2.77. The third kappa shape index (κ3) is 4.02. The number of amides is 1. The lowest BCUT2D eigenvalue weighted by molar-refractivity contribution is -0.136. The molecule has 0 bridgehead atoms. The lowest BCUT2D eigenvalue weighted by Crippen LogP contribution is -2.34. The van der Waals surface area contributed by atoms with Crippen molar-refractivity contribution in [2.24, 2.45) is 0 Å². The lowest BCUT2D eigenvalue weighted by atomic mass is 10.2. The number of hydrogen-bond donors (Lipinski definition) is 0. The van der Waals surface area contributed by atoms with Gasteiger partial charge in [0.15, 0.2) is 0 Å². The summed E-state index contributed by atoms with van der Waals surface area (Å²) in [4.78, 5) is 32.3. The molecule has 0 radical (unpaired) electrons. The molecule has 1 aliphatic heterocycles. The Morgan fingerprint density at radius 1 is 1.30 bits per heavy atom. The molecule has 0 spiro atoms. The van der Waals surface area contributed by atoms with Crippen LogP contribution in [0.25, 0.3) is 10.2 Å². The highest BCUT2D eigenvalue weighted by Gasteiger charge is 2.30. The highest BCUT2D eigenvalue weighted by molar-refractivity contribution is 7.20. The summed E-state index contributed by atoms with van der Waals surface area (Å²) in [6, 6.07) is 0. The van der Waals surface area contributed by atoms with E-state index in [0.29, 0.717) is 27.2 Å². The molecule has 0 unspecified atom stereocenters. The van der Waals surface area contributed by atoms with Gasteiger partial charge >= 0.3 is 6.18 Å². The molecule has 148 valence electrons. The summed E-state index contributed by atoms with van der Waals surface area (Å²) < 4.78 is 39.3. The number of fused-ring (bicyclic) bond motifs is 2. The van der Waals surface area contributed by atoms with Gasteiger partial charge in [-0.2, -0.15) is 13.2 Å². The van der Waals surface area contributed by atoms with E-state index in [9.17, 15) is 22.8 Å². The van der Waals surface area contributed by atoms with Crippen LogP contribution < -0.4 is 5.56 Å². The van der Waals surface area contributed by atoms with Crippen LogP contribution in [-0.2, 0) is 13.0 Å². The number of nitrogens with zero attached hydrogens (tertiary/aromatic N) is 3. The van der Waals surface area contributed by atoms with Crippen molar-refractivity contribution in [3.8, 4) is 0 Å². The molecule has 1 amide bonds. The van der Waals surface area contributed by atoms with Crippen molar-refractivity contribution in [2.45, 2.75) is 58.7 Å². The Balaban J connectivity index is 2.00. The molecule has 27 heavy (non-hydrogen) atoms. The maximum atomic E-state index is 12.9. The number of hydrogen-bond acceptors (Lipinski definition) is 4. The number of alkyl halides is 3. The van der Waals surface area contributed by atoms with Crippen molar-refractivity contribution >= 4 is 27.5 Å². The van der Waals surface area contributed by atoms with Crippen molar-refractivity contribution in [2.75, 3.05) is 13.1 Å². The van der Waals surface area contributed by atoms with Gasteiger partial charge in [-0.05, 0) is 32.3 Å². The number of aromatic nitrogens is 2. The molecule has 9 heteroatoms. The van der Waals surface area contributed by atoms with E-state index < -0.39 is 25.0 Å². The van der Waals surface area contributed by atoms with E-state index in [1.807, 2.05) is 0 Å². The Bertz CT molecular complexity index is 917. The minimum Gasteiger partial charge on any atom is -0.338 e. The summed E-state index contributed by atoms with van der Waals surface area (Å²) in [7, 11) is 0. The van der Waals surface area contributed by atoms with Gasteiger partial charge in [0.25, 0.3) is 11.5 Å². The number of carbonyl (C=O) groups is 1. The van der Waals surface area contributed by atoms with Crippen LogP contribution in [-0.4, -0.2) is 39.6 Å². The van der Waals surface area contributed by atoms with Crippen molar-refractivity contribution in [1.29, 1.82) is 0 Å². The molecule has 0 aromatic carbocycles. The van der Waals surface area contributed by atoms with E-state index in [1.165, 1.54) is 4.90 Å². The fourth-order valence-corrected chi connectivity index (χ4v) is 4.58. The van der Waals surface area contributed by atoms with Crippen LogP contribution in [0.15, 0.2) is 4.79 Å². The zero-order valence-corrected chi connectivity index (χ0v) is 16.2. The molecule has 1 aliphatic rings. The predicted octanol–water partition coefficient (Wildman–Crippen LogP) is 3.91. The Kier molecular flexibility index (Phi) is 5.60. The molecule has 5 nitrogen and oxygen atoms in total. The fraction of sp³-hybridized carbons (Fsp3) is 0.611. The van der Waals surface area contributed by atoms with Gasteiger partial charge in [0.05, 0.1) is 16.7 Å². The Hall–Kier alpha value is -1.90. The molecule has 0 aliphatic carbocycles. The smallest absolute Gasteiger partial charge is 0.338 e. The third-order valence-electron chi connectivity index (χ3n) is 4.94. The van der Waals surface area contributed by atoms with Crippen molar-refractivity contribution in [1.82, 2.24) is 14.5 Å². The van der Waals surface area contributed by atoms with Gasteiger partial charge in [0.1, 0.15) is 10.7 Å². The quantitative estimate of drug-likeness (QED) is 0.781. The maximum Gasteiger partial charge on any atom is 0.390 e. The summed E-state index contributed by atoms with van der Waals surface area (Å²) in [6.07, 6.45) is -1.72. The zero-order valence-electron chi connectivity index (χ0n) is 15.4. The molecule has 0 N–H and O–H groups in total. The van der Waals surface area contributed by atoms with E-state index in [-0.39, 0.29) is 12.1 Å². The molecule has 0 saturated heterocycles. The first-order valence-electron chi connectivity index (χ1n) is 9.11. The van der Waals surface area contributed by atoms with Crippen LogP contribution in [0.2, 0.25) is 0 Å². The third-order valence-corrected chi connectivity index (χ3v) is 6.11. The molecule has 0 atom stereocenters. The number of carbonyl (C=O) groups excluding carboxylic acids is 1. The van der Waals surface area contributed by atoms with E-state index in [0.717, 1.165) is 42.8 Å². The van der Waals surface area contributed by atoms with Crippen molar-refractivity contribution in [3.63, 3.8) is 0 Å². The molecule has 0 saturated carbocycles. The number of halogens is 3. The Morgan fingerprint density at radius 2 is 2.04 bits per heavy atom. The number of thiophene rings is 1. The van der Waals surface area contributed by atoms with Gasteiger partial charge in [-0.3, -0.25) is 14.2 Å². The summed E-state index contributed by atoms with van der Waals surface area (Å²) >= 11 is 1.11. The molecular weight excluding hydrogens is 379 g/mol. The molecule has 2 aromatic rings. The highest BCUT2D eigenvalue weighted by atomic mass is 32.1. The standard InChI is InChI=1S/C18H22F3N3O2S/c1-3-23(10-8-18(19,20)21)17(26)14-11(2)13-15(27-14)22-12-7-5-4-6-9-24(12)16(13)25/h3-10H2,1-2H3. The second-order valence-electron chi connectivity index (χ2n) is 6.78. The monoisotopic (exact) mass is 401 g/mol. The van der Waals surface area contributed by atoms with Gasteiger partial charge in [-0.1, -0.05) is 6.42 Å². The SMILES string of the molecule is CCN(CCC(F)(F)F)C(=O)c1sc2nc3n(c(=O)c2c1C)CCCCC3. The summed E-state index contributed by atoms with van der Waals surface area (Å²) in [6.45, 7) is 3.71. The van der Waals surface area contributed by atoms with Gasteiger partial charge in [-0.15, -0.1) is 11.3 Å². The number of aryl methyl sites for hydroxylation is 2. The van der Waals surface area contributed by atoms with Crippen molar-refractivity contribution < 1.29 is 18.0 Å². The van der Waals surface area contributed by atoms with E-state index in [4.69, 9.17) is 0 Å². The highest BCUT2D eigenvalue weighted by Crippen LogP contribution is 2.30. The summed E-state index contributed by atoms with van der Waals surface area (Å²) in [5.74, 6) is 0.261. The predicted molar refractivity (Wildman–Crippen MR) is 98.4 cm³/mol. The minimum atomic E-state index is -4.32. The maximum absolute atomic E-state index is 12.9. The topological polar surface area (TPSA) is 55.2 Å². The summed E-state index contributed by atoms with van der Waals surface area (Å²) in [5, 5.41) is 0.417. The second-order valence-corrected chi connectivity index (χ2v) is 7.78. The first-order chi connectivity index (χ1) is 12.7. The number of rotatable bonds is 4. The Morgan fingerprint density at radius 3 is 2.70 bits per heavy atom. The second kappa shape index (κ2) is 7.61. The van der Waals surface area contributed by atoms with E-state index >= 15 is 0 Å². The van der Waals surface area contributed by atoms with Crippen LogP contribution in [0.4, 0.5) is 13.2 Å². The van der Waals surface area contributed by atoms with Gasteiger partial charge in [0, 0.05) is 26.1 Å². The van der Waals surface area contributed by atoms with Crippen molar-refractivity contribution in [3.05, 3.63) is 26.6 Å². The van der Waals surface area contributed by atoms with E-state index in [2.05, 4.69) is 4.98 Å². The normalized spacial score (nSPS) is 14.9. The molecule has 3 heterocycles. The largest absolute Gasteiger partial charge is 0.390 e. The van der Waals surface area contributed by atoms with Crippen LogP contribution in [0.5, 0.6) is 0 Å². The van der Waals surface area contributed by atoms with Gasteiger partial charge < -0.3 is 4.90 Å². The first-order valence-corrected chi connectivity index (χ1v) is 9.93. The fourth-order valence-electron chi connectivity index (χ4n) is 3.42. The van der Waals surface area contributed by atoms with Crippen LogP contribution in [0.1, 0.15) is 53.7 Å². The minimum absolute atomic E-state index is 0.150. The molecular formula is C18H22F3N3O2S. The van der Waals surface area contributed by atoms with Crippen LogP contribution in [0.3, 0.4) is 0 Å². The Labute approximate surface area is 158 Å². The molecule has 2 aromatic heterocycles. The molecule has 3 rings (SSSR count). The lowest BCUT2D eigenvalue weighted by Gasteiger charge is -2.21. The van der Waals surface area contributed by atoms with E-state index in [1.54, 1.807) is 18.4 Å². The average molecular weight is 401 g/mol. The van der Waals surface area contributed by atoms with Crippen LogP contribution >= 0.6 is 11.3 Å². The van der Waals surface area contributed by atoms with Crippen LogP contribution in [0, 0.1) is 6.92 Å². The van der Waals surface area contributed by atoms with Gasteiger partial charge in [0.2, 0.25) is 0 Å². The van der Waals surface area contributed by atoms with Gasteiger partial charge in [-0.25, -0.2) is 4.98 Å². The summed E-state index contributed by atoms with van der Waals surface area (Å²) in [5.41, 5.74) is 0.366.